The van der Waals surface area contributed by atoms with Gasteiger partial charge in [0.2, 0.25) is 11.8 Å². The van der Waals surface area contributed by atoms with E-state index in [0.717, 1.165) is 32.4 Å². The Kier molecular flexibility index (Phi) is 6.45. The molecule has 1 N–H and O–H groups in total. The maximum atomic E-state index is 12.4. The first-order valence-electron chi connectivity index (χ1n) is 9.21. The van der Waals surface area contributed by atoms with Crippen LogP contribution in [0, 0.1) is 11.8 Å². The number of hydrogen-bond acceptors (Lipinski definition) is 3. The number of hydrogen-bond donors (Lipinski definition) is 1. The Bertz CT molecular complexity index is 414. The van der Waals surface area contributed by atoms with E-state index in [2.05, 4.69) is 37.9 Å². The molecule has 2 aliphatic rings. The molecule has 0 aromatic heterocycles. The molecule has 2 amide bonds. The molecule has 1 saturated carbocycles. The molecule has 2 fully saturated rings. The quantitative estimate of drug-likeness (QED) is 0.778. The summed E-state index contributed by atoms with van der Waals surface area (Å²) < 4.78 is 0. The van der Waals surface area contributed by atoms with E-state index in [1.807, 2.05) is 0 Å². The third-order valence-electron chi connectivity index (χ3n) is 5.35. The first-order valence-corrected chi connectivity index (χ1v) is 9.21. The molecule has 1 aliphatic carbocycles. The van der Waals surface area contributed by atoms with Crippen molar-refractivity contribution in [3.05, 3.63) is 0 Å². The van der Waals surface area contributed by atoms with Gasteiger partial charge in [0.25, 0.3) is 0 Å². The van der Waals surface area contributed by atoms with Gasteiger partial charge in [0.15, 0.2) is 0 Å². The zero-order chi connectivity index (χ0) is 17.0. The van der Waals surface area contributed by atoms with E-state index in [1.165, 1.54) is 6.42 Å². The van der Waals surface area contributed by atoms with E-state index in [4.69, 9.17) is 0 Å². The lowest BCUT2D eigenvalue weighted by Gasteiger charge is -2.30. The summed E-state index contributed by atoms with van der Waals surface area (Å²) in [5, 5.41) is 2.98. The van der Waals surface area contributed by atoms with Crippen molar-refractivity contribution in [1.29, 1.82) is 0 Å². The summed E-state index contributed by atoms with van der Waals surface area (Å²) >= 11 is 0. The van der Waals surface area contributed by atoms with E-state index in [-0.39, 0.29) is 24.3 Å². The minimum Gasteiger partial charge on any atom is -0.353 e. The number of nitrogens with zero attached hydrogens (tertiary/aromatic N) is 2. The molecule has 1 saturated heterocycles. The zero-order valence-electron chi connectivity index (χ0n) is 15.2. The van der Waals surface area contributed by atoms with Crippen LogP contribution in [0.15, 0.2) is 0 Å². The van der Waals surface area contributed by atoms with E-state index >= 15 is 0 Å². The van der Waals surface area contributed by atoms with Gasteiger partial charge >= 0.3 is 0 Å². The van der Waals surface area contributed by atoms with E-state index < -0.39 is 0 Å². The van der Waals surface area contributed by atoms with Crippen LogP contribution in [0.1, 0.15) is 53.4 Å². The summed E-state index contributed by atoms with van der Waals surface area (Å²) in [6.07, 6.45) is 4.55. The maximum absolute atomic E-state index is 12.4. The summed E-state index contributed by atoms with van der Waals surface area (Å²) in [4.78, 5) is 28.7. The predicted octanol–water partition coefficient (Wildman–Crippen LogP) is 1.87. The SMILES string of the molecule is CC(C)N(CCNC(=O)CN1C[C@H]2CCCC[C@@H]2C1=O)C(C)C. The highest BCUT2D eigenvalue weighted by Crippen LogP contribution is 2.36. The Labute approximate surface area is 140 Å². The van der Waals surface area contributed by atoms with Crippen LogP contribution in [0.2, 0.25) is 0 Å². The fraction of sp³-hybridized carbons (Fsp3) is 0.889. The number of fused-ring (bicyclic) bond motifs is 1. The average Bonchev–Trinajstić information content (AvgIpc) is 2.79. The normalized spacial score (nSPS) is 24.7. The van der Waals surface area contributed by atoms with Crippen LogP contribution in [0.4, 0.5) is 0 Å². The second-order valence-corrected chi connectivity index (χ2v) is 7.65. The number of carbonyl (C=O) groups excluding carboxylic acids is 2. The van der Waals surface area contributed by atoms with Crippen LogP contribution < -0.4 is 5.32 Å². The van der Waals surface area contributed by atoms with Crippen molar-refractivity contribution in [2.75, 3.05) is 26.2 Å². The summed E-state index contributed by atoms with van der Waals surface area (Å²) in [6.45, 7) is 11.2. The molecule has 5 heteroatoms. The molecule has 1 heterocycles. The topological polar surface area (TPSA) is 52.7 Å². The number of nitrogens with one attached hydrogen (secondary N) is 1. The summed E-state index contributed by atoms with van der Waals surface area (Å²) in [7, 11) is 0. The first kappa shape index (κ1) is 18.2. The van der Waals surface area contributed by atoms with Gasteiger partial charge in [-0.2, -0.15) is 0 Å². The zero-order valence-corrected chi connectivity index (χ0v) is 15.2. The van der Waals surface area contributed by atoms with Crippen LogP contribution in [-0.2, 0) is 9.59 Å². The van der Waals surface area contributed by atoms with Crippen molar-refractivity contribution < 1.29 is 9.59 Å². The Morgan fingerprint density at radius 1 is 1.22 bits per heavy atom. The van der Waals surface area contributed by atoms with Crippen molar-refractivity contribution >= 4 is 11.8 Å². The van der Waals surface area contributed by atoms with Crippen LogP contribution in [0.3, 0.4) is 0 Å². The third-order valence-corrected chi connectivity index (χ3v) is 5.35. The number of carbonyl (C=O) groups is 2. The molecule has 0 aromatic rings. The molecular formula is C18H33N3O2. The highest BCUT2D eigenvalue weighted by Gasteiger charge is 2.41. The van der Waals surface area contributed by atoms with Gasteiger partial charge < -0.3 is 10.2 Å². The van der Waals surface area contributed by atoms with E-state index in [1.54, 1.807) is 4.90 Å². The van der Waals surface area contributed by atoms with Crippen molar-refractivity contribution in [2.24, 2.45) is 11.8 Å². The Hall–Kier alpha value is -1.10. The second-order valence-electron chi connectivity index (χ2n) is 7.65. The first-order chi connectivity index (χ1) is 10.9. The predicted molar refractivity (Wildman–Crippen MR) is 92.0 cm³/mol. The van der Waals surface area contributed by atoms with Gasteiger partial charge in [0, 0.05) is 37.6 Å². The molecule has 1 aliphatic heterocycles. The lowest BCUT2D eigenvalue weighted by molar-refractivity contribution is -0.135. The van der Waals surface area contributed by atoms with Crippen molar-refractivity contribution in [1.82, 2.24) is 15.1 Å². The van der Waals surface area contributed by atoms with Gasteiger partial charge in [-0.15, -0.1) is 0 Å². The minimum atomic E-state index is -0.0236. The lowest BCUT2D eigenvalue weighted by atomic mass is 9.81. The van der Waals surface area contributed by atoms with Crippen LogP contribution in [0.25, 0.3) is 0 Å². The van der Waals surface area contributed by atoms with Gasteiger partial charge in [0.05, 0.1) is 6.54 Å². The Balaban J connectivity index is 1.74. The maximum Gasteiger partial charge on any atom is 0.239 e. The standard InChI is InChI=1S/C18H33N3O2/c1-13(2)21(14(3)4)10-9-19-17(22)12-20-11-15-7-5-6-8-16(15)18(20)23/h13-16H,5-12H2,1-4H3,(H,19,22)/t15-,16+/m1/s1. The fourth-order valence-electron chi connectivity index (χ4n) is 4.17. The molecule has 0 spiro atoms. The summed E-state index contributed by atoms with van der Waals surface area (Å²) in [5.74, 6) is 0.857. The number of rotatable bonds is 7. The van der Waals surface area contributed by atoms with Gasteiger partial charge in [-0.3, -0.25) is 14.5 Å². The Morgan fingerprint density at radius 3 is 2.48 bits per heavy atom. The molecule has 0 aromatic carbocycles. The number of likely N-dealkylation sites (tertiary alicyclic amines) is 1. The Morgan fingerprint density at radius 2 is 1.87 bits per heavy atom. The molecule has 132 valence electrons. The molecule has 5 nitrogen and oxygen atoms in total. The molecule has 2 atom stereocenters. The molecule has 0 radical (unpaired) electrons. The molecule has 0 unspecified atom stereocenters. The van der Waals surface area contributed by atoms with Gasteiger partial charge in [-0.1, -0.05) is 12.8 Å². The van der Waals surface area contributed by atoms with Crippen LogP contribution in [-0.4, -0.2) is 59.9 Å². The fourth-order valence-corrected chi connectivity index (χ4v) is 4.17. The summed E-state index contributed by atoms with van der Waals surface area (Å²) in [6, 6.07) is 0.936. The second kappa shape index (κ2) is 8.13. The molecular weight excluding hydrogens is 290 g/mol. The van der Waals surface area contributed by atoms with Gasteiger partial charge in [-0.25, -0.2) is 0 Å². The molecule has 23 heavy (non-hydrogen) atoms. The van der Waals surface area contributed by atoms with Crippen molar-refractivity contribution in [2.45, 2.75) is 65.5 Å². The van der Waals surface area contributed by atoms with Crippen molar-refractivity contribution in [3.63, 3.8) is 0 Å². The molecule has 2 rings (SSSR count). The number of amides is 2. The smallest absolute Gasteiger partial charge is 0.239 e. The highest BCUT2D eigenvalue weighted by molar-refractivity contribution is 5.87. The highest BCUT2D eigenvalue weighted by atomic mass is 16.2. The minimum absolute atomic E-state index is 0.0236. The third kappa shape index (κ3) is 4.69. The largest absolute Gasteiger partial charge is 0.353 e. The molecule has 0 bridgehead atoms. The van der Waals surface area contributed by atoms with Crippen LogP contribution >= 0.6 is 0 Å². The monoisotopic (exact) mass is 323 g/mol. The summed E-state index contributed by atoms with van der Waals surface area (Å²) in [5.41, 5.74) is 0. The van der Waals surface area contributed by atoms with Gasteiger partial charge in [0.1, 0.15) is 0 Å². The van der Waals surface area contributed by atoms with Gasteiger partial charge in [-0.05, 0) is 46.5 Å². The van der Waals surface area contributed by atoms with Crippen molar-refractivity contribution in [3.8, 4) is 0 Å². The van der Waals surface area contributed by atoms with E-state index in [0.29, 0.717) is 24.5 Å². The van der Waals surface area contributed by atoms with Crippen LogP contribution in [0.5, 0.6) is 0 Å². The van der Waals surface area contributed by atoms with E-state index in [9.17, 15) is 9.59 Å². The lowest BCUT2D eigenvalue weighted by Crippen LogP contribution is -2.44. The average molecular weight is 323 g/mol.